The number of rotatable bonds is 6. The topological polar surface area (TPSA) is 102 Å². The second-order valence-corrected chi connectivity index (χ2v) is 11.5. The number of hydrogen-bond acceptors (Lipinski definition) is 6. The van der Waals surface area contributed by atoms with E-state index in [0.717, 1.165) is 36.1 Å². The fraction of sp³-hybridized carbons (Fsp3) is 0.429. The molecule has 31 heavy (non-hydrogen) atoms. The highest BCUT2D eigenvalue weighted by molar-refractivity contribution is 7.91. The predicted octanol–water partition coefficient (Wildman–Crippen LogP) is 3.21. The number of carbonyl (C=O) groups excluding carboxylic acids is 2. The summed E-state index contributed by atoms with van der Waals surface area (Å²) in [6.07, 6.45) is 4.08. The number of amides is 2. The van der Waals surface area contributed by atoms with Crippen molar-refractivity contribution in [1.82, 2.24) is 5.32 Å². The van der Waals surface area contributed by atoms with Gasteiger partial charge >= 0.3 is 0 Å². The quantitative estimate of drug-likeness (QED) is 0.658. The molecule has 1 aliphatic heterocycles. The second-order valence-electron chi connectivity index (χ2n) is 7.78. The van der Waals surface area contributed by atoms with Crippen molar-refractivity contribution in [3.05, 3.63) is 45.3 Å². The lowest BCUT2D eigenvalue weighted by molar-refractivity contribution is -0.118. The maximum atomic E-state index is 13.1. The fourth-order valence-electron chi connectivity index (χ4n) is 3.90. The van der Waals surface area contributed by atoms with E-state index in [1.54, 1.807) is 24.3 Å². The van der Waals surface area contributed by atoms with Crippen LogP contribution in [0.3, 0.4) is 0 Å². The van der Waals surface area contributed by atoms with Crippen LogP contribution in [-0.4, -0.2) is 44.4 Å². The fourth-order valence-corrected chi connectivity index (χ4v) is 7.01. The molecule has 4 rings (SSSR count). The zero-order valence-corrected chi connectivity index (χ0v) is 19.2. The Morgan fingerprint density at radius 1 is 1.16 bits per heavy atom. The molecule has 1 fully saturated rings. The third-order valence-corrected chi connectivity index (χ3v) is 8.63. The van der Waals surface area contributed by atoms with Gasteiger partial charge in [0.05, 0.1) is 17.1 Å². The molecule has 1 aromatic carbocycles. The Kier molecular flexibility index (Phi) is 6.55. The molecule has 1 aliphatic carbocycles. The summed E-state index contributed by atoms with van der Waals surface area (Å²) in [7, 11) is -3.10. The van der Waals surface area contributed by atoms with Crippen molar-refractivity contribution in [2.75, 3.05) is 23.4 Å². The van der Waals surface area contributed by atoms with Gasteiger partial charge in [-0.2, -0.15) is 0 Å². The van der Waals surface area contributed by atoms with E-state index in [-0.39, 0.29) is 29.9 Å². The van der Waals surface area contributed by atoms with E-state index >= 15 is 0 Å². The SMILES string of the molecule is O=C(COc1ccc(Cl)cc1)Nc1sc2c(c1C(=O)NC1CCS(=O)(=O)C1)CCCC2. The Morgan fingerprint density at radius 2 is 1.90 bits per heavy atom. The minimum atomic E-state index is -3.10. The number of nitrogens with one attached hydrogen (secondary N) is 2. The molecule has 2 aliphatic rings. The van der Waals surface area contributed by atoms with Gasteiger partial charge in [0.1, 0.15) is 10.8 Å². The summed E-state index contributed by atoms with van der Waals surface area (Å²) in [4.78, 5) is 26.7. The number of anilines is 1. The van der Waals surface area contributed by atoms with Crippen LogP contribution in [0.1, 0.15) is 40.1 Å². The monoisotopic (exact) mass is 482 g/mol. The highest BCUT2D eigenvalue weighted by Gasteiger charge is 2.32. The van der Waals surface area contributed by atoms with Gasteiger partial charge < -0.3 is 15.4 Å². The van der Waals surface area contributed by atoms with Crippen LogP contribution in [0.25, 0.3) is 0 Å². The van der Waals surface area contributed by atoms with Gasteiger partial charge in [-0.15, -0.1) is 11.3 Å². The summed E-state index contributed by atoms with van der Waals surface area (Å²) >= 11 is 7.27. The largest absolute Gasteiger partial charge is 0.484 e. The molecule has 1 unspecified atom stereocenters. The van der Waals surface area contributed by atoms with Crippen molar-refractivity contribution in [1.29, 1.82) is 0 Å². The lowest BCUT2D eigenvalue weighted by atomic mass is 9.95. The lowest BCUT2D eigenvalue weighted by Gasteiger charge is -2.15. The molecule has 1 saturated heterocycles. The maximum absolute atomic E-state index is 13.1. The van der Waals surface area contributed by atoms with Crippen molar-refractivity contribution >= 4 is 49.6 Å². The van der Waals surface area contributed by atoms with Crippen LogP contribution in [-0.2, 0) is 27.5 Å². The number of benzene rings is 1. The molecule has 10 heteroatoms. The van der Waals surface area contributed by atoms with Crippen LogP contribution in [0.5, 0.6) is 5.75 Å². The van der Waals surface area contributed by atoms with E-state index in [1.807, 2.05) is 0 Å². The average molecular weight is 483 g/mol. The van der Waals surface area contributed by atoms with Gasteiger partial charge in [0, 0.05) is 15.9 Å². The Balaban J connectivity index is 1.47. The zero-order valence-electron chi connectivity index (χ0n) is 16.8. The first-order valence-electron chi connectivity index (χ1n) is 10.1. The summed E-state index contributed by atoms with van der Waals surface area (Å²) < 4.78 is 29.0. The third-order valence-electron chi connectivity index (χ3n) is 5.40. The molecule has 0 radical (unpaired) electrons. The van der Waals surface area contributed by atoms with Gasteiger partial charge in [-0.05, 0) is 61.9 Å². The van der Waals surface area contributed by atoms with E-state index in [1.165, 1.54) is 11.3 Å². The van der Waals surface area contributed by atoms with E-state index in [4.69, 9.17) is 16.3 Å². The van der Waals surface area contributed by atoms with E-state index in [2.05, 4.69) is 10.6 Å². The molecule has 7 nitrogen and oxygen atoms in total. The molecule has 2 amide bonds. The molecule has 0 saturated carbocycles. The van der Waals surface area contributed by atoms with Crippen LogP contribution >= 0.6 is 22.9 Å². The number of halogens is 1. The number of hydrogen-bond donors (Lipinski definition) is 2. The summed E-state index contributed by atoms with van der Waals surface area (Å²) in [6, 6.07) is 6.30. The molecule has 1 aromatic heterocycles. The van der Waals surface area contributed by atoms with Crippen molar-refractivity contribution in [3.63, 3.8) is 0 Å². The van der Waals surface area contributed by atoms with Crippen LogP contribution in [0.2, 0.25) is 5.02 Å². The van der Waals surface area contributed by atoms with E-state index in [0.29, 0.717) is 27.8 Å². The Hall–Kier alpha value is -2.10. The van der Waals surface area contributed by atoms with Gasteiger partial charge in [-0.25, -0.2) is 8.42 Å². The molecule has 166 valence electrons. The first kappa shape index (κ1) is 22.1. The van der Waals surface area contributed by atoms with Gasteiger partial charge in [0.15, 0.2) is 16.4 Å². The number of sulfone groups is 1. The molecule has 2 heterocycles. The Morgan fingerprint density at radius 3 is 2.61 bits per heavy atom. The first-order chi connectivity index (χ1) is 14.8. The van der Waals surface area contributed by atoms with Crippen LogP contribution in [0.15, 0.2) is 24.3 Å². The number of carbonyl (C=O) groups is 2. The van der Waals surface area contributed by atoms with Crippen LogP contribution in [0.4, 0.5) is 5.00 Å². The van der Waals surface area contributed by atoms with E-state index in [9.17, 15) is 18.0 Å². The Labute approximate surface area is 190 Å². The number of fused-ring (bicyclic) bond motifs is 1. The first-order valence-corrected chi connectivity index (χ1v) is 13.2. The van der Waals surface area contributed by atoms with Crippen molar-refractivity contribution < 1.29 is 22.7 Å². The normalized spacial score (nSPS) is 19.5. The standard InChI is InChI=1S/C21H23ClN2O5S2/c22-13-5-7-15(8-6-13)29-11-18(25)24-21-19(16-3-1-2-4-17(16)30-21)20(26)23-14-9-10-31(27,28)12-14/h5-8,14H,1-4,9-12H2,(H,23,26)(H,24,25). The van der Waals surface area contributed by atoms with Gasteiger partial charge in [-0.1, -0.05) is 11.6 Å². The summed E-state index contributed by atoms with van der Waals surface area (Å²) in [6.45, 7) is -0.202. The van der Waals surface area contributed by atoms with Crippen molar-refractivity contribution in [2.24, 2.45) is 0 Å². The minimum Gasteiger partial charge on any atom is -0.484 e. The molecule has 2 aromatic rings. The highest BCUT2D eigenvalue weighted by Crippen LogP contribution is 2.38. The molecular weight excluding hydrogens is 460 g/mol. The van der Waals surface area contributed by atoms with Crippen LogP contribution < -0.4 is 15.4 Å². The summed E-state index contributed by atoms with van der Waals surface area (Å²) in [5.74, 6) is -0.126. The zero-order chi connectivity index (χ0) is 22.0. The van der Waals surface area contributed by atoms with Gasteiger partial charge in [-0.3, -0.25) is 9.59 Å². The van der Waals surface area contributed by atoms with Gasteiger partial charge in [0.25, 0.3) is 11.8 Å². The predicted molar refractivity (Wildman–Crippen MR) is 121 cm³/mol. The highest BCUT2D eigenvalue weighted by atomic mass is 35.5. The molecule has 2 N–H and O–H groups in total. The Bertz CT molecular complexity index is 1100. The third kappa shape index (κ3) is 5.39. The van der Waals surface area contributed by atoms with Gasteiger partial charge in [0.2, 0.25) is 0 Å². The summed E-state index contributed by atoms with van der Waals surface area (Å²) in [5, 5.41) is 6.75. The molecule has 1 atom stereocenters. The maximum Gasteiger partial charge on any atom is 0.262 e. The van der Waals surface area contributed by atoms with Crippen molar-refractivity contribution in [2.45, 2.75) is 38.1 Å². The molecular formula is C21H23ClN2O5S2. The molecule has 0 spiro atoms. The minimum absolute atomic E-state index is 0.0400. The van der Waals surface area contributed by atoms with E-state index < -0.39 is 15.9 Å². The number of ether oxygens (including phenoxy) is 1. The second kappa shape index (κ2) is 9.18. The number of aryl methyl sites for hydroxylation is 1. The number of thiophene rings is 1. The van der Waals surface area contributed by atoms with Crippen LogP contribution in [0, 0.1) is 0 Å². The van der Waals surface area contributed by atoms with Crippen molar-refractivity contribution in [3.8, 4) is 5.75 Å². The average Bonchev–Trinajstić information content (AvgIpc) is 3.26. The molecule has 0 bridgehead atoms. The summed E-state index contributed by atoms with van der Waals surface area (Å²) in [5.41, 5.74) is 1.42. The smallest absolute Gasteiger partial charge is 0.262 e. The lowest BCUT2D eigenvalue weighted by Crippen LogP contribution is -2.36.